The van der Waals surface area contributed by atoms with Gasteiger partial charge in [0.1, 0.15) is 6.61 Å². The molecule has 0 heterocycles. The van der Waals surface area contributed by atoms with Crippen LogP contribution < -0.4 is 0 Å². The van der Waals surface area contributed by atoms with Gasteiger partial charge in [0.2, 0.25) is 0 Å². The minimum absolute atomic E-state index is 0.738. The van der Waals surface area contributed by atoms with E-state index < -0.39 is 45.4 Å². The summed E-state index contributed by atoms with van der Waals surface area (Å²) in [5.41, 5.74) is 0. The van der Waals surface area contributed by atoms with Crippen LogP contribution in [0.2, 0.25) is 0 Å². The molecular formula is C7H7F9O3P+. The van der Waals surface area contributed by atoms with Gasteiger partial charge in [0.25, 0.3) is 0 Å². The second-order valence-electron chi connectivity index (χ2n) is 3.43. The zero-order valence-electron chi connectivity index (χ0n) is 9.49. The van der Waals surface area contributed by atoms with Gasteiger partial charge in [-0.15, -0.1) is 4.52 Å². The van der Waals surface area contributed by atoms with E-state index >= 15 is 0 Å². The van der Waals surface area contributed by atoms with Crippen LogP contribution in [0.1, 0.15) is 0 Å². The average Bonchev–Trinajstić information content (AvgIpc) is 2.22. The summed E-state index contributed by atoms with van der Waals surface area (Å²) in [5.74, 6) is -11.0. The molecule has 120 valence electrons. The molecule has 0 spiro atoms. The van der Waals surface area contributed by atoms with E-state index in [4.69, 9.17) is 0 Å². The maximum absolute atomic E-state index is 12.8. The number of hydrogen-bond donors (Lipinski definition) is 0. The highest BCUT2D eigenvalue weighted by Gasteiger charge is 2.64. The first-order valence-corrected chi connectivity index (χ1v) is 6.13. The second kappa shape index (κ2) is 6.02. The Bertz CT molecular complexity index is 354. The van der Waals surface area contributed by atoms with Gasteiger partial charge in [-0.25, -0.2) is 0 Å². The van der Waals surface area contributed by atoms with Crippen LogP contribution in [0.4, 0.5) is 39.5 Å². The van der Waals surface area contributed by atoms with Crippen LogP contribution in [-0.2, 0) is 13.8 Å². The summed E-state index contributed by atoms with van der Waals surface area (Å²) in [7, 11) is -2.71. The lowest BCUT2D eigenvalue weighted by Gasteiger charge is -2.27. The fourth-order valence-electron chi connectivity index (χ4n) is 0.625. The standard InChI is InChI=1S/C7H7F9O3P/c1-20(17)19-3-5(10,11)7(15,16)18-2-4(8,9)6(12,13)14/h2-3H2,1H3/q+1. The molecular weight excluding hydrogens is 334 g/mol. The van der Waals surface area contributed by atoms with Gasteiger partial charge in [0.05, 0.1) is 0 Å². The molecule has 1 atom stereocenters. The molecule has 0 aliphatic heterocycles. The monoisotopic (exact) mass is 341 g/mol. The van der Waals surface area contributed by atoms with Gasteiger partial charge in [-0.2, -0.15) is 39.5 Å². The predicted octanol–water partition coefficient (Wildman–Crippen LogP) is 3.82. The van der Waals surface area contributed by atoms with Crippen LogP contribution in [0.3, 0.4) is 0 Å². The molecule has 13 heteroatoms. The second-order valence-corrected chi connectivity index (χ2v) is 4.56. The molecule has 0 aromatic heterocycles. The summed E-state index contributed by atoms with van der Waals surface area (Å²) in [6.45, 7) is -4.44. The van der Waals surface area contributed by atoms with Crippen LogP contribution in [0.15, 0.2) is 0 Å². The van der Waals surface area contributed by atoms with E-state index in [1.165, 1.54) is 0 Å². The summed E-state index contributed by atoms with van der Waals surface area (Å²) in [4.78, 5) is 0. The Labute approximate surface area is 106 Å². The molecule has 0 fully saturated rings. The van der Waals surface area contributed by atoms with E-state index in [9.17, 15) is 44.1 Å². The molecule has 0 saturated carbocycles. The Kier molecular flexibility index (Phi) is 5.84. The third kappa shape index (κ3) is 5.06. The number of hydrogen-bond acceptors (Lipinski definition) is 3. The van der Waals surface area contributed by atoms with E-state index in [0.717, 1.165) is 6.66 Å². The zero-order chi connectivity index (χ0) is 16.4. The van der Waals surface area contributed by atoms with E-state index in [-0.39, 0.29) is 0 Å². The lowest BCUT2D eigenvalue weighted by atomic mass is 10.3. The van der Waals surface area contributed by atoms with Gasteiger partial charge in [0.15, 0.2) is 13.3 Å². The number of alkyl halides is 9. The van der Waals surface area contributed by atoms with E-state index in [1.807, 2.05) is 0 Å². The Morgan fingerprint density at radius 1 is 0.850 bits per heavy atom. The Morgan fingerprint density at radius 2 is 1.30 bits per heavy atom. The quantitative estimate of drug-likeness (QED) is 0.522. The molecule has 1 unspecified atom stereocenters. The largest absolute Gasteiger partial charge is 0.505 e. The first kappa shape index (κ1) is 19.4. The Morgan fingerprint density at radius 3 is 1.65 bits per heavy atom. The lowest BCUT2D eigenvalue weighted by molar-refractivity contribution is -0.383. The molecule has 0 N–H and O–H groups in total. The van der Waals surface area contributed by atoms with Crippen molar-refractivity contribution in [2.24, 2.45) is 0 Å². The van der Waals surface area contributed by atoms with Crippen molar-refractivity contribution in [2.75, 3.05) is 19.9 Å². The smallest absolute Gasteiger partial charge is 0.309 e. The number of rotatable bonds is 7. The van der Waals surface area contributed by atoms with Gasteiger partial charge in [-0.1, -0.05) is 0 Å². The SMILES string of the molecule is C[P+](=O)OCC(F)(F)C(F)(F)OCC(F)(F)C(F)(F)F. The molecule has 3 nitrogen and oxygen atoms in total. The Hall–Kier alpha value is -0.610. The molecule has 0 saturated heterocycles. The third-order valence-corrected chi connectivity index (χ3v) is 2.20. The minimum atomic E-state index is -6.23. The van der Waals surface area contributed by atoms with Gasteiger partial charge >= 0.3 is 32.2 Å². The molecule has 0 aromatic rings. The van der Waals surface area contributed by atoms with Crippen LogP contribution in [-0.4, -0.2) is 44.0 Å². The van der Waals surface area contributed by atoms with Crippen molar-refractivity contribution in [3.8, 4) is 0 Å². The van der Waals surface area contributed by atoms with Crippen LogP contribution in [0, 0.1) is 0 Å². The van der Waals surface area contributed by atoms with Crippen molar-refractivity contribution in [3.63, 3.8) is 0 Å². The molecule has 0 bridgehead atoms. The summed E-state index contributed by atoms with van der Waals surface area (Å²) in [6, 6.07) is 0. The summed E-state index contributed by atoms with van der Waals surface area (Å²) in [6.07, 6.45) is -11.9. The van der Waals surface area contributed by atoms with Crippen LogP contribution in [0.5, 0.6) is 0 Å². The minimum Gasteiger partial charge on any atom is -0.309 e. The maximum atomic E-state index is 12.8. The molecule has 0 amide bonds. The van der Waals surface area contributed by atoms with Crippen LogP contribution >= 0.6 is 8.03 Å². The fraction of sp³-hybridized carbons (Fsp3) is 1.00. The maximum Gasteiger partial charge on any atom is 0.505 e. The molecule has 0 aliphatic carbocycles. The third-order valence-electron chi connectivity index (χ3n) is 1.70. The van der Waals surface area contributed by atoms with Gasteiger partial charge in [-0.3, -0.25) is 0 Å². The highest BCUT2D eigenvalue weighted by molar-refractivity contribution is 7.38. The fourth-order valence-corrected chi connectivity index (χ4v) is 0.969. The van der Waals surface area contributed by atoms with E-state index in [1.54, 1.807) is 0 Å². The average molecular weight is 341 g/mol. The normalized spacial score (nSPS) is 15.4. The van der Waals surface area contributed by atoms with Crippen molar-refractivity contribution in [2.45, 2.75) is 24.1 Å². The highest BCUT2D eigenvalue weighted by Crippen LogP contribution is 2.41. The highest BCUT2D eigenvalue weighted by atomic mass is 31.1. The van der Waals surface area contributed by atoms with E-state index in [0.29, 0.717) is 0 Å². The molecule has 0 aromatic carbocycles. The van der Waals surface area contributed by atoms with Crippen LogP contribution in [0.25, 0.3) is 0 Å². The number of halogens is 9. The predicted molar refractivity (Wildman–Crippen MR) is 46.3 cm³/mol. The van der Waals surface area contributed by atoms with Crippen molar-refractivity contribution in [1.29, 1.82) is 0 Å². The molecule has 0 radical (unpaired) electrons. The molecule has 0 aliphatic rings. The molecule has 0 rings (SSSR count). The summed E-state index contributed by atoms with van der Waals surface area (Å²) >= 11 is 0. The first-order chi connectivity index (χ1) is 8.62. The van der Waals surface area contributed by atoms with Crippen molar-refractivity contribution >= 4 is 8.03 Å². The van der Waals surface area contributed by atoms with Gasteiger partial charge < -0.3 is 4.74 Å². The topological polar surface area (TPSA) is 35.5 Å². The van der Waals surface area contributed by atoms with Crippen molar-refractivity contribution in [3.05, 3.63) is 0 Å². The Balaban J connectivity index is 4.77. The summed E-state index contributed by atoms with van der Waals surface area (Å²) < 4.78 is 127. The molecule has 20 heavy (non-hydrogen) atoms. The first-order valence-electron chi connectivity index (χ1n) is 4.50. The summed E-state index contributed by atoms with van der Waals surface area (Å²) in [5, 5.41) is 0. The van der Waals surface area contributed by atoms with Gasteiger partial charge in [0, 0.05) is 0 Å². The van der Waals surface area contributed by atoms with Gasteiger partial charge in [-0.05, 0) is 4.57 Å². The van der Waals surface area contributed by atoms with Crippen molar-refractivity contribution < 1.29 is 53.3 Å². The number of ether oxygens (including phenoxy) is 1. The lowest BCUT2D eigenvalue weighted by Crippen LogP contribution is -2.50. The zero-order valence-corrected chi connectivity index (χ0v) is 10.4. The van der Waals surface area contributed by atoms with E-state index in [2.05, 4.69) is 9.26 Å². The van der Waals surface area contributed by atoms with Crippen molar-refractivity contribution in [1.82, 2.24) is 0 Å².